The third-order valence-electron chi connectivity index (χ3n) is 3.55. The highest BCUT2D eigenvalue weighted by molar-refractivity contribution is 7.90. The summed E-state index contributed by atoms with van der Waals surface area (Å²) in [5.74, 6) is 0.890. The van der Waals surface area contributed by atoms with Gasteiger partial charge in [-0.05, 0) is 44.4 Å². The summed E-state index contributed by atoms with van der Waals surface area (Å²) in [4.78, 5) is 0. The fourth-order valence-corrected chi connectivity index (χ4v) is 3.80. The Labute approximate surface area is 126 Å². The molecule has 21 heavy (non-hydrogen) atoms. The summed E-state index contributed by atoms with van der Waals surface area (Å²) in [7, 11) is -3.54. The van der Waals surface area contributed by atoms with Crippen LogP contribution in [0.15, 0.2) is 24.3 Å². The monoisotopic (exact) mass is 313 g/mol. The van der Waals surface area contributed by atoms with Crippen LogP contribution < -0.4 is 15.2 Å². The number of nitrogens with zero attached hydrogens (tertiary/aromatic N) is 1. The van der Waals surface area contributed by atoms with E-state index in [1.807, 2.05) is 6.92 Å². The number of piperidine rings is 1. The maximum atomic E-state index is 12.4. The number of anilines is 1. The third kappa shape index (κ3) is 4.33. The standard InChI is InChI=1S/C14H23N3O3S/c1-2-20-14-7-3-6-13(9-14)16-21(18,19)17-8-4-5-12(10-15)11-17/h3,6-7,9,12,16H,2,4-5,8,10-11,15H2,1H3. The molecule has 0 radical (unpaired) electrons. The first-order valence-corrected chi connectivity index (χ1v) is 8.70. The van der Waals surface area contributed by atoms with E-state index in [9.17, 15) is 8.42 Å². The molecule has 1 aliphatic heterocycles. The average molecular weight is 313 g/mol. The van der Waals surface area contributed by atoms with Crippen molar-refractivity contribution >= 4 is 15.9 Å². The Balaban J connectivity index is 2.08. The number of ether oxygens (including phenoxy) is 1. The number of hydrogen-bond acceptors (Lipinski definition) is 4. The highest BCUT2D eigenvalue weighted by atomic mass is 32.2. The molecule has 0 amide bonds. The van der Waals surface area contributed by atoms with Crippen molar-refractivity contribution in [3.05, 3.63) is 24.3 Å². The van der Waals surface area contributed by atoms with Gasteiger partial charge in [0, 0.05) is 19.2 Å². The fourth-order valence-electron chi connectivity index (χ4n) is 2.47. The summed E-state index contributed by atoms with van der Waals surface area (Å²) in [6.07, 6.45) is 1.84. The van der Waals surface area contributed by atoms with Crippen LogP contribution in [-0.2, 0) is 10.2 Å². The Morgan fingerprint density at radius 1 is 1.48 bits per heavy atom. The fraction of sp³-hybridized carbons (Fsp3) is 0.571. The van der Waals surface area contributed by atoms with Crippen molar-refractivity contribution in [2.75, 3.05) is 31.0 Å². The molecule has 0 aromatic heterocycles. The van der Waals surface area contributed by atoms with Gasteiger partial charge in [0.2, 0.25) is 0 Å². The van der Waals surface area contributed by atoms with Gasteiger partial charge in [0.25, 0.3) is 0 Å². The van der Waals surface area contributed by atoms with E-state index in [-0.39, 0.29) is 5.92 Å². The van der Waals surface area contributed by atoms with E-state index in [0.29, 0.717) is 37.7 Å². The van der Waals surface area contributed by atoms with Gasteiger partial charge < -0.3 is 10.5 Å². The van der Waals surface area contributed by atoms with Gasteiger partial charge in [-0.15, -0.1) is 0 Å². The van der Waals surface area contributed by atoms with Gasteiger partial charge in [0.15, 0.2) is 0 Å². The van der Waals surface area contributed by atoms with E-state index in [2.05, 4.69) is 4.72 Å². The number of nitrogens with two attached hydrogens (primary N) is 1. The minimum Gasteiger partial charge on any atom is -0.494 e. The molecule has 1 heterocycles. The molecule has 0 saturated carbocycles. The summed E-state index contributed by atoms with van der Waals surface area (Å²) in [5, 5.41) is 0. The molecule has 0 spiro atoms. The van der Waals surface area contributed by atoms with Crippen molar-refractivity contribution in [3.8, 4) is 5.75 Å². The van der Waals surface area contributed by atoms with Crippen LogP contribution in [0.25, 0.3) is 0 Å². The zero-order valence-corrected chi connectivity index (χ0v) is 13.1. The quantitative estimate of drug-likeness (QED) is 0.831. The summed E-state index contributed by atoms with van der Waals surface area (Å²) in [5.41, 5.74) is 6.17. The second-order valence-corrected chi connectivity index (χ2v) is 6.84. The molecule has 1 atom stereocenters. The van der Waals surface area contributed by atoms with E-state index >= 15 is 0 Å². The van der Waals surface area contributed by atoms with Crippen LogP contribution in [0.5, 0.6) is 5.75 Å². The van der Waals surface area contributed by atoms with Crippen molar-refractivity contribution in [2.45, 2.75) is 19.8 Å². The molecule has 1 aromatic rings. The minimum atomic E-state index is -3.54. The van der Waals surface area contributed by atoms with Gasteiger partial charge in [0.1, 0.15) is 5.75 Å². The minimum absolute atomic E-state index is 0.241. The van der Waals surface area contributed by atoms with Gasteiger partial charge >= 0.3 is 10.2 Å². The van der Waals surface area contributed by atoms with Crippen LogP contribution in [-0.4, -0.2) is 39.0 Å². The molecule has 1 fully saturated rings. The van der Waals surface area contributed by atoms with Crippen molar-refractivity contribution in [2.24, 2.45) is 11.7 Å². The molecule has 1 aromatic carbocycles. The Kier molecular flexibility index (Phi) is 5.44. The van der Waals surface area contributed by atoms with E-state index in [1.165, 1.54) is 4.31 Å². The van der Waals surface area contributed by atoms with Crippen LogP contribution in [0.3, 0.4) is 0 Å². The second kappa shape index (κ2) is 7.11. The lowest BCUT2D eigenvalue weighted by Crippen LogP contribution is -2.44. The molecule has 1 saturated heterocycles. The summed E-state index contributed by atoms with van der Waals surface area (Å²) < 4.78 is 34.3. The van der Waals surface area contributed by atoms with Crippen molar-refractivity contribution in [3.63, 3.8) is 0 Å². The largest absolute Gasteiger partial charge is 0.494 e. The van der Waals surface area contributed by atoms with Gasteiger partial charge in [0.05, 0.1) is 12.3 Å². The number of hydrogen-bond donors (Lipinski definition) is 2. The molecule has 118 valence electrons. The lowest BCUT2D eigenvalue weighted by Gasteiger charge is -2.31. The zero-order valence-electron chi connectivity index (χ0n) is 12.3. The van der Waals surface area contributed by atoms with Gasteiger partial charge in [-0.3, -0.25) is 4.72 Å². The van der Waals surface area contributed by atoms with E-state index < -0.39 is 10.2 Å². The van der Waals surface area contributed by atoms with Crippen molar-refractivity contribution < 1.29 is 13.2 Å². The second-order valence-electron chi connectivity index (χ2n) is 5.17. The third-order valence-corrected chi connectivity index (χ3v) is 5.05. The molecule has 1 aliphatic rings. The Hall–Kier alpha value is -1.31. The van der Waals surface area contributed by atoms with E-state index in [1.54, 1.807) is 24.3 Å². The average Bonchev–Trinajstić information content (AvgIpc) is 2.47. The highest BCUT2D eigenvalue weighted by Gasteiger charge is 2.28. The summed E-state index contributed by atoms with van der Waals surface area (Å²) >= 11 is 0. The molecule has 2 rings (SSSR count). The van der Waals surface area contributed by atoms with Crippen LogP contribution in [0.4, 0.5) is 5.69 Å². The van der Waals surface area contributed by atoms with Gasteiger partial charge in [-0.1, -0.05) is 6.07 Å². The first-order chi connectivity index (χ1) is 10.0. The highest BCUT2D eigenvalue weighted by Crippen LogP contribution is 2.22. The lowest BCUT2D eigenvalue weighted by atomic mass is 10.0. The van der Waals surface area contributed by atoms with Crippen LogP contribution in [0, 0.1) is 5.92 Å². The number of benzene rings is 1. The topological polar surface area (TPSA) is 84.7 Å². The number of rotatable bonds is 6. The lowest BCUT2D eigenvalue weighted by molar-refractivity contribution is 0.273. The maximum absolute atomic E-state index is 12.4. The molecule has 6 nitrogen and oxygen atoms in total. The van der Waals surface area contributed by atoms with E-state index in [4.69, 9.17) is 10.5 Å². The zero-order chi connectivity index (χ0) is 15.3. The van der Waals surface area contributed by atoms with Gasteiger partial charge in [-0.25, -0.2) is 0 Å². The molecule has 7 heteroatoms. The van der Waals surface area contributed by atoms with Gasteiger partial charge in [-0.2, -0.15) is 12.7 Å². The van der Waals surface area contributed by atoms with Crippen LogP contribution in [0.2, 0.25) is 0 Å². The molecular weight excluding hydrogens is 290 g/mol. The molecule has 1 unspecified atom stereocenters. The predicted molar refractivity (Wildman–Crippen MR) is 83.5 cm³/mol. The Morgan fingerprint density at radius 2 is 2.29 bits per heavy atom. The van der Waals surface area contributed by atoms with Crippen molar-refractivity contribution in [1.82, 2.24) is 4.31 Å². The first-order valence-electron chi connectivity index (χ1n) is 7.26. The first kappa shape index (κ1) is 16.1. The SMILES string of the molecule is CCOc1cccc(NS(=O)(=O)N2CCCC(CN)C2)c1. The molecule has 3 N–H and O–H groups in total. The molecular formula is C14H23N3O3S. The van der Waals surface area contributed by atoms with Crippen LogP contribution in [0.1, 0.15) is 19.8 Å². The Bertz CT molecular complexity index is 562. The molecule has 0 bridgehead atoms. The summed E-state index contributed by atoms with van der Waals surface area (Å²) in [6, 6.07) is 6.96. The molecule has 0 aliphatic carbocycles. The van der Waals surface area contributed by atoms with Crippen molar-refractivity contribution in [1.29, 1.82) is 0 Å². The predicted octanol–water partition coefficient (Wildman–Crippen LogP) is 1.41. The smallest absolute Gasteiger partial charge is 0.301 e. The number of nitrogens with one attached hydrogen (secondary N) is 1. The van der Waals surface area contributed by atoms with Crippen LogP contribution >= 0.6 is 0 Å². The normalized spacial score (nSPS) is 20.2. The maximum Gasteiger partial charge on any atom is 0.301 e. The Morgan fingerprint density at radius 3 is 3.00 bits per heavy atom. The van der Waals surface area contributed by atoms with E-state index in [0.717, 1.165) is 12.8 Å². The summed E-state index contributed by atoms with van der Waals surface area (Å²) in [6.45, 7) is 3.97.